The number of likely N-dealkylation sites (tertiary alicyclic amines) is 1. The Morgan fingerprint density at radius 1 is 1.07 bits per heavy atom. The summed E-state index contributed by atoms with van der Waals surface area (Å²) in [6.07, 6.45) is 6.64. The molecule has 2 saturated heterocycles. The molecule has 216 valence electrons. The van der Waals surface area contributed by atoms with Gasteiger partial charge in [-0.1, -0.05) is 17.7 Å². The van der Waals surface area contributed by atoms with E-state index in [0.29, 0.717) is 36.5 Å². The van der Waals surface area contributed by atoms with Gasteiger partial charge in [0.1, 0.15) is 12.4 Å². The molecule has 5 aromatic rings. The van der Waals surface area contributed by atoms with Crippen LogP contribution in [-0.2, 0) is 24.4 Å². The van der Waals surface area contributed by atoms with Gasteiger partial charge in [-0.25, -0.2) is 19.3 Å². The lowest BCUT2D eigenvalue weighted by Gasteiger charge is -2.32. The third kappa shape index (κ3) is 5.45. The number of benzene rings is 1. The van der Waals surface area contributed by atoms with Crippen LogP contribution in [0.25, 0.3) is 16.6 Å². The van der Waals surface area contributed by atoms with Crippen LogP contribution in [0.5, 0.6) is 5.88 Å². The monoisotopic (exact) mass is 586 g/mol. The minimum atomic E-state index is -0.933. The molecule has 2 aliphatic rings. The summed E-state index contributed by atoms with van der Waals surface area (Å²) in [5.41, 5.74) is 4.84. The summed E-state index contributed by atoms with van der Waals surface area (Å²) in [4.78, 5) is 23.8. The summed E-state index contributed by atoms with van der Waals surface area (Å²) in [5.74, 6) is 0.983. The van der Waals surface area contributed by atoms with Gasteiger partial charge in [-0.15, -0.1) is 0 Å². The Kier molecular flexibility index (Phi) is 7.27. The number of fused-ring (bicyclic) bond motifs is 2. The molecule has 0 unspecified atom stereocenters. The van der Waals surface area contributed by atoms with Gasteiger partial charge < -0.3 is 19.1 Å². The van der Waals surface area contributed by atoms with Crippen molar-refractivity contribution in [2.75, 3.05) is 19.7 Å². The first-order valence-electron chi connectivity index (χ1n) is 14.3. The molecule has 1 aromatic carbocycles. The fraction of sp³-hybridized carbons (Fsp3) is 0.355. The van der Waals surface area contributed by atoms with Crippen molar-refractivity contribution in [3.05, 3.63) is 88.6 Å². The number of rotatable bonds is 9. The maximum Gasteiger partial charge on any atom is 0.335 e. The molecular weight excluding hydrogens is 556 g/mol. The molecule has 7 rings (SSSR count). The molecule has 11 heteroatoms. The molecule has 0 aliphatic carbocycles. The first-order chi connectivity index (χ1) is 20.5. The molecule has 2 aliphatic heterocycles. The molecule has 4 aromatic heterocycles. The second-order valence-electron chi connectivity index (χ2n) is 11.0. The molecule has 0 bridgehead atoms. The molecule has 1 atom stereocenters. The molecule has 0 saturated carbocycles. The van der Waals surface area contributed by atoms with E-state index in [1.165, 1.54) is 0 Å². The van der Waals surface area contributed by atoms with Gasteiger partial charge in [-0.2, -0.15) is 5.10 Å². The van der Waals surface area contributed by atoms with E-state index >= 15 is 0 Å². The Morgan fingerprint density at radius 3 is 2.71 bits per heavy atom. The lowest BCUT2D eigenvalue weighted by Crippen LogP contribution is -2.35. The first kappa shape index (κ1) is 26.9. The van der Waals surface area contributed by atoms with E-state index in [1.807, 2.05) is 30.5 Å². The SMILES string of the molecule is O=C(O)c1ccc2nc(CN3CCC(c4cccc(OCc5ccn6ncc(Cl)c6c5)n4)CC3)n(C[C@@H]3CCO3)c2c1. The van der Waals surface area contributed by atoms with E-state index in [1.54, 1.807) is 28.9 Å². The number of nitrogens with zero attached hydrogens (tertiary/aromatic N) is 6. The number of piperidine rings is 1. The minimum absolute atomic E-state index is 0.146. The zero-order valence-electron chi connectivity index (χ0n) is 23.0. The lowest BCUT2D eigenvalue weighted by atomic mass is 9.93. The van der Waals surface area contributed by atoms with Crippen molar-refractivity contribution in [1.29, 1.82) is 0 Å². The van der Waals surface area contributed by atoms with Crippen molar-refractivity contribution >= 4 is 34.1 Å². The zero-order chi connectivity index (χ0) is 28.6. The van der Waals surface area contributed by atoms with Gasteiger partial charge in [0.05, 0.1) is 52.5 Å². The minimum Gasteiger partial charge on any atom is -0.478 e. The zero-order valence-corrected chi connectivity index (χ0v) is 23.8. The fourth-order valence-corrected chi connectivity index (χ4v) is 6.01. The number of aromatic carboxylic acids is 1. The van der Waals surface area contributed by atoms with Crippen LogP contribution in [0.3, 0.4) is 0 Å². The van der Waals surface area contributed by atoms with E-state index in [0.717, 1.165) is 72.6 Å². The van der Waals surface area contributed by atoms with Gasteiger partial charge in [-0.05, 0) is 74.3 Å². The predicted octanol–water partition coefficient (Wildman–Crippen LogP) is 5.18. The summed E-state index contributed by atoms with van der Waals surface area (Å²) in [5, 5.41) is 14.3. The van der Waals surface area contributed by atoms with Crippen LogP contribution in [-0.4, -0.2) is 65.9 Å². The maximum atomic E-state index is 11.6. The Labute approximate surface area is 247 Å². The van der Waals surface area contributed by atoms with E-state index in [9.17, 15) is 9.90 Å². The van der Waals surface area contributed by atoms with Crippen molar-refractivity contribution in [2.24, 2.45) is 0 Å². The number of halogens is 1. The number of pyridine rings is 2. The highest BCUT2D eigenvalue weighted by atomic mass is 35.5. The van der Waals surface area contributed by atoms with Crippen LogP contribution in [0.2, 0.25) is 5.02 Å². The van der Waals surface area contributed by atoms with Crippen LogP contribution in [0.15, 0.2) is 60.9 Å². The third-order valence-electron chi connectivity index (χ3n) is 8.30. The van der Waals surface area contributed by atoms with Gasteiger partial charge >= 0.3 is 5.97 Å². The topological polar surface area (TPSA) is 107 Å². The summed E-state index contributed by atoms with van der Waals surface area (Å²) in [6.45, 7) is 4.41. The molecule has 0 amide bonds. The van der Waals surface area contributed by atoms with Crippen LogP contribution in [0, 0.1) is 0 Å². The molecule has 0 spiro atoms. The number of carboxylic acids is 1. The highest BCUT2D eigenvalue weighted by molar-refractivity contribution is 6.33. The number of hydrogen-bond donors (Lipinski definition) is 1. The lowest BCUT2D eigenvalue weighted by molar-refractivity contribution is -0.0592. The number of carbonyl (C=O) groups is 1. The van der Waals surface area contributed by atoms with Crippen LogP contribution >= 0.6 is 11.6 Å². The van der Waals surface area contributed by atoms with E-state index in [-0.39, 0.29) is 11.7 Å². The highest BCUT2D eigenvalue weighted by Crippen LogP contribution is 2.30. The second-order valence-corrected chi connectivity index (χ2v) is 11.4. The Hall–Kier alpha value is -3.99. The Balaban J connectivity index is 1.00. The van der Waals surface area contributed by atoms with Crippen molar-refractivity contribution in [1.82, 2.24) is 29.0 Å². The third-order valence-corrected chi connectivity index (χ3v) is 8.59. The van der Waals surface area contributed by atoms with E-state index in [2.05, 4.69) is 20.6 Å². The smallest absolute Gasteiger partial charge is 0.335 e. The van der Waals surface area contributed by atoms with Crippen molar-refractivity contribution in [2.45, 2.75) is 51.0 Å². The quantitative estimate of drug-likeness (QED) is 0.252. The standard InChI is InChI=1S/C31H31ClN6O4/c32-24-16-33-38-12-6-20(14-27(24)38)19-42-30-3-1-2-25(35-30)21-7-10-36(11-8-21)18-29-34-26-5-4-22(31(39)40)15-28(26)37(29)17-23-9-13-41-23/h1-6,12,14-16,21,23H,7-11,13,17-19H2,(H,39,40)/t23-/m0/s1. The number of hydrogen-bond acceptors (Lipinski definition) is 7. The molecule has 1 N–H and O–H groups in total. The molecule has 2 fully saturated rings. The predicted molar refractivity (Wildman–Crippen MR) is 157 cm³/mol. The number of imidazole rings is 1. The van der Waals surface area contributed by atoms with Crippen LogP contribution in [0.1, 0.15) is 52.6 Å². The number of ether oxygens (including phenoxy) is 2. The molecular formula is C31H31ClN6O4. The fourth-order valence-electron chi connectivity index (χ4n) is 5.83. The largest absolute Gasteiger partial charge is 0.478 e. The first-order valence-corrected chi connectivity index (χ1v) is 14.7. The van der Waals surface area contributed by atoms with Crippen molar-refractivity contribution < 1.29 is 19.4 Å². The maximum absolute atomic E-state index is 11.6. The Bertz CT molecular complexity index is 1760. The van der Waals surface area contributed by atoms with Crippen molar-refractivity contribution in [3.8, 4) is 5.88 Å². The van der Waals surface area contributed by atoms with Crippen LogP contribution < -0.4 is 4.74 Å². The Morgan fingerprint density at radius 2 is 1.93 bits per heavy atom. The highest BCUT2D eigenvalue weighted by Gasteiger charge is 2.26. The molecule has 0 radical (unpaired) electrons. The molecule has 42 heavy (non-hydrogen) atoms. The second kappa shape index (κ2) is 11.4. The van der Waals surface area contributed by atoms with Crippen LogP contribution in [0.4, 0.5) is 0 Å². The average Bonchev–Trinajstić information content (AvgIpc) is 3.53. The van der Waals surface area contributed by atoms with E-state index in [4.69, 9.17) is 31.0 Å². The normalized spacial score (nSPS) is 18.0. The summed E-state index contributed by atoms with van der Waals surface area (Å²) in [7, 11) is 0. The van der Waals surface area contributed by atoms with Crippen molar-refractivity contribution in [3.63, 3.8) is 0 Å². The van der Waals surface area contributed by atoms with E-state index < -0.39 is 5.97 Å². The van der Waals surface area contributed by atoms with Gasteiger partial charge in [0.2, 0.25) is 5.88 Å². The molecule has 6 heterocycles. The average molecular weight is 587 g/mol. The number of aromatic nitrogens is 5. The summed E-state index contributed by atoms with van der Waals surface area (Å²) in [6, 6.07) is 15.1. The van der Waals surface area contributed by atoms with Gasteiger partial charge in [-0.3, -0.25) is 4.90 Å². The van der Waals surface area contributed by atoms with Gasteiger partial charge in [0.25, 0.3) is 0 Å². The summed E-state index contributed by atoms with van der Waals surface area (Å²) < 4.78 is 15.6. The summed E-state index contributed by atoms with van der Waals surface area (Å²) >= 11 is 6.23. The molecule has 10 nitrogen and oxygen atoms in total. The van der Waals surface area contributed by atoms with Gasteiger partial charge in [0, 0.05) is 30.5 Å². The van der Waals surface area contributed by atoms with Gasteiger partial charge in [0.15, 0.2) is 0 Å². The number of carboxylic acid groups (broad SMARTS) is 1.